The monoisotopic (exact) mass is 618 g/mol. The van der Waals surface area contributed by atoms with E-state index in [1.165, 1.54) is 12.8 Å². The molecule has 1 fully saturated rings. The van der Waals surface area contributed by atoms with Gasteiger partial charge in [0.15, 0.2) is 0 Å². The zero-order valence-corrected chi connectivity index (χ0v) is 27.9. The first-order valence-corrected chi connectivity index (χ1v) is 15.7. The number of hydrogen-bond donors (Lipinski definition) is 3. The van der Waals surface area contributed by atoms with Crippen LogP contribution >= 0.6 is 0 Å². The maximum absolute atomic E-state index is 12.5. The molecule has 0 atom stereocenters. The molecule has 0 spiro atoms. The Labute approximate surface area is 268 Å². The third-order valence-electron chi connectivity index (χ3n) is 6.50. The van der Waals surface area contributed by atoms with Crippen LogP contribution in [0.2, 0.25) is 0 Å². The minimum atomic E-state index is -0.547. The highest BCUT2D eigenvalue weighted by atomic mass is 16.6. The number of para-hydroxylation sites is 1. The quantitative estimate of drug-likeness (QED) is 0.189. The number of benzene rings is 3. The van der Waals surface area contributed by atoms with Crippen molar-refractivity contribution in [2.24, 2.45) is 5.92 Å². The van der Waals surface area contributed by atoms with E-state index in [0.29, 0.717) is 18.9 Å². The van der Waals surface area contributed by atoms with Crippen LogP contribution in [0.4, 0.5) is 10.5 Å². The highest BCUT2D eigenvalue weighted by molar-refractivity contribution is 5.74. The minimum absolute atomic E-state index is 0.145. The number of rotatable bonds is 11. The van der Waals surface area contributed by atoms with Gasteiger partial charge in [0.25, 0.3) is 0 Å². The highest BCUT2D eigenvalue weighted by Gasteiger charge is 2.21. The molecule has 0 aliphatic heterocycles. The molecule has 244 valence electrons. The van der Waals surface area contributed by atoms with E-state index in [0.717, 1.165) is 46.0 Å². The minimum Gasteiger partial charge on any atom is -0.489 e. The Morgan fingerprint density at radius 2 is 1.51 bits per heavy atom. The van der Waals surface area contributed by atoms with Crippen molar-refractivity contribution in [1.82, 2.24) is 5.32 Å². The van der Waals surface area contributed by atoms with Crippen LogP contribution in [0.1, 0.15) is 78.0 Å². The second-order valence-corrected chi connectivity index (χ2v) is 13.3. The van der Waals surface area contributed by atoms with Crippen molar-refractivity contribution in [2.75, 3.05) is 18.5 Å². The molecule has 8 nitrogen and oxygen atoms in total. The molecule has 1 aliphatic carbocycles. The van der Waals surface area contributed by atoms with E-state index in [1.54, 1.807) is 6.92 Å². The lowest BCUT2D eigenvalue weighted by molar-refractivity contribution is -0.153. The standard InChI is InChI=1S/C35H44N2O5.C2H6O/c1-34(2,3)41-32(38)20-28-11-7-8-13-31(28)40-23-26-17-29(19-30(18-26)36-21-24-14-15-24)27-12-9-10-25(16-27)22-37-33(39)42-35(4,5)6;1-2-3/h7-13,16-19,24,36H,14-15,20-23H2,1-6H3,(H,37,39);3H,2H2,1H3. The number of amides is 1. The van der Waals surface area contributed by atoms with E-state index >= 15 is 0 Å². The molecule has 1 amide bonds. The van der Waals surface area contributed by atoms with Crippen molar-refractivity contribution in [1.29, 1.82) is 0 Å². The topological polar surface area (TPSA) is 106 Å². The second-order valence-electron chi connectivity index (χ2n) is 13.3. The van der Waals surface area contributed by atoms with Gasteiger partial charge in [0, 0.05) is 30.9 Å². The first kappa shape index (κ1) is 35.4. The van der Waals surface area contributed by atoms with Crippen molar-refractivity contribution in [3.8, 4) is 16.9 Å². The molecule has 0 aromatic heterocycles. The van der Waals surface area contributed by atoms with Crippen molar-refractivity contribution in [2.45, 2.75) is 92.1 Å². The number of esters is 1. The molecule has 45 heavy (non-hydrogen) atoms. The van der Waals surface area contributed by atoms with E-state index in [9.17, 15) is 9.59 Å². The number of hydrogen-bond acceptors (Lipinski definition) is 7. The summed E-state index contributed by atoms with van der Waals surface area (Å²) in [6, 6.07) is 22.1. The molecule has 3 N–H and O–H groups in total. The Balaban J connectivity index is 0.00000177. The fraction of sp³-hybridized carbons (Fsp3) is 0.459. The van der Waals surface area contributed by atoms with Crippen LogP contribution in [-0.4, -0.2) is 41.5 Å². The zero-order chi connectivity index (χ0) is 33.0. The van der Waals surface area contributed by atoms with E-state index < -0.39 is 17.3 Å². The number of nitrogens with one attached hydrogen (secondary N) is 2. The molecule has 1 saturated carbocycles. The summed E-state index contributed by atoms with van der Waals surface area (Å²) in [5.41, 5.74) is 4.82. The van der Waals surface area contributed by atoms with Crippen LogP contribution in [0, 0.1) is 5.92 Å². The van der Waals surface area contributed by atoms with E-state index in [-0.39, 0.29) is 19.0 Å². The first-order valence-electron chi connectivity index (χ1n) is 15.7. The van der Waals surface area contributed by atoms with Gasteiger partial charge in [0.2, 0.25) is 0 Å². The maximum atomic E-state index is 12.5. The van der Waals surface area contributed by atoms with Crippen LogP contribution in [0.3, 0.4) is 0 Å². The van der Waals surface area contributed by atoms with Crippen LogP contribution < -0.4 is 15.4 Å². The first-order chi connectivity index (χ1) is 21.2. The third-order valence-corrected chi connectivity index (χ3v) is 6.50. The predicted octanol–water partition coefficient (Wildman–Crippen LogP) is 7.66. The van der Waals surface area contributed by atoms with Crippen molar-refractivity contribution >= 4 is 17.7 Å². The molecule has 4 rings (SSSR count). The average Bonchev–Trinajstić information content (AvgIpc) is 3.78. The normalized spacial score (nSPS) is 12.8. The van der Waals surface area contributed by atoms with Crippen LogP contribution in [0.25, 0.3) is 11.1 Å². The van der Waals surface area contributed by atoms with Crippen LogP contribution in [0.15, 0.2) is 66.7 Å². The fourth-order valence-corrected chi connectivity index (χ4v) is 4.46. The Hall–Kier alpha value is -4.04. The zero-order valence-electron chi connectivity index (χ0n) is 27.9. The van der Waals surface area contributed by atoms with Gasteiger partial charge in [-0.1, -0.05) is 36.4 Å². The van der Waals surface area contributed by atoms with Crippen LogP contribution in [-0.2, 0) is 33.8 Å². The number of alkyl carbamates (subject to hydrolysis) is 1. The molecule has 0 heterocycles. The summed E-state index contributed by atoms with van der Waals surface area (Å²) in [6.07, 6.45) is 2.24. The Morgan fingerprint density at radius 3 is 2.18 bits per heavy atom. The summed E-state index contributed by atoms with van der Waals surface area (Å²) < 4.78 is 17.2. The van der Waals surface area contributed by atoms with Gasteiger partial charge in [-0.15, -0.1) is 0 Å². The molecule has 0 saturated heterocycles. The molecular weight excluding hydrogens is 568 g/mol. The predicted molar refractivity (Wildman–Crippen MR) is 179 cm³/mol. The van der Waals surface area contributed by atoms with Gasteiger partial charge in [0.1, 0.15) is 23.6 Å². The molecule has 3 aromatic carbocycles. The van der Waals surface area contributed by atoms with Crippen molar-refractivity contribution in [3.05, 3.63) is 83.4 Å². The Bertz CT molecular complexity index is 1400. The summed E-state index contributed by atoms with van der Waals surface area (Å²) in [6.45, 7) is 14.7. The SMILES string of the molecule is CC(C)(C)OC(=O)Cc1ccccc1OCc1cc(NCC2CC2)cc(-c2cccc(CNC(=O)OC(C)(C)C)c2)c1.CCO. The molecule has 0 radical (unpaired) electrons. The van der Waals surface area contributed by atoms with Crippen molar-refractivity contribution < 1.29 is 28.9 Å². The summed E-state index contributed by atoms with van der Waals surface area (Å²) in [5, 5.41) is 14.0. The van der Waals surface area contributed by atoms with Gasteiger partial charge < -0.3 is 30.0 Å². The molecular formula is C37H50N2O6. The summed E-state index contributed by atoms with van der Waals surface area (Å²) in [7, 11) is 0. The van der Waals surface area contributed by atoms with Gasteiger partial charge >= 0.3 is 12.1 Å². The molecule has 0 bridgehead atoms. The second kappa shape index (κ2) is 16.3. The van der Waals surface area contributed by atoms with Gasteiger partial charge in [0.05, 0.1) is 6.42 Å². The number of anilines is 1. The molecule has 3 aromatic rings. The van der Waals surface area contributed by atoms with Gasteiger partial charge in [-0.05, 0) is 120 Å². The smallest absolute Gasteiger partial charge is 0.407 e. The summed E-state index contributed by atoms with van der Waals surface area (Å²) >= 11 is 0. The average molecular weight is 619 g/mol. The maximum Gasteiger partial charge on any atom is 0.407 e. The van der Waals surface area contributed by atoms with Gasteiger partial charge in [-0.3, -0.25) is 4.79 Å². The highest BCUT2D eigenvalue weighted by Crippen LogP contribution is 2.31. The third kappa shape index (κ3) is 13.6. The van der Waals surface area contributed by atoms with Gasteiger partial charge in [-0.25, -0.2) is 4.79 Å². The van der Waals surface area contributed by atoms with Crippen LogP contribution in [0.5, 0.6) is 5.75 Å². The van der Waals surface area contributed by atoms with E-state index in [1.807, 2.05) is 77.9 Å². The summed E-state index contributed by atoms with van der Waals surface area (Å²) in [4.78, 5) is 24.6. The largest absolute Gasteiger partial charge is 0.489 e. The molecule has 0 unspecified atom stereocenters. The number of aliphatic hydroxyl groups excluding tert-OH is 1. The fourth-order valence-electron chi connectivity index (χ4n) is 4.46. The summed E-state index contributed by atoms with van der Waals surface area (Å²) in [5.74, 6) is 1.11. The Kier molecular flexibility index (Phi) is 12.9. The molecule has 1 aliphatic rings. The number of ether oxygens (including phenoxy) is 3. The van der Waals surface area contributed by atoms with E-state index in [2.05, 4.69) is 41.0 Å². The lowest BCUT2D eigenvalue weighted by atomic mass is 10.00. The van der Waals surface area contributed by atoms with Crippen molar-refractivity contribution in [3.63, 3.8) is 0 Å². The van der Waals surface area contributed by atoms with E-state index in [4.69, 9.17) is 19.3 Å². The van der Waals surface area contributed by atoms with Gasteiger partial charge in [-0.2, -0.15) is 0 Å². The Morgan fingerprint density at radius 1 is 0.844 bits per heavy atom. The number of carbonyl (C=O) groups excluding carboxylic acids is 2. The molecule has 8 heteroatoms. The lowest BCUT2D eigenvalue weighted by Gasteiger charge is -2.20. The lowest BCUT2D eigenvalue weighted by Crippen LogP contribution is -2.32. The number of carbonyl (C=O) groups is 2. The number of aliphatic hydroxyl groups is 1.